The second-order valence-electron chi connectivity index (χ2n) is 7.21. The Morgan fingerprint density at radius 2 is 1.77 bits per heavy atom. The number of hydrogen-bond donors (Lipinski definition) is 2. The van der Waals surface area contributed by atoms with Crippen LogP contribution in [0.5, 0.6) is 0 Å². The van der Waals surface area contributed by atoms with Gasteiger partial charge in [0.05, 0.1) is 0 Å². The van der Waals surface area contributed by atoms with Crippen LogP contribution in [-0.2, 0) is 10.0 Å². The summed E-state index contributed by atoms with van der Waals surface area (Å²) < 4.78 is 61.1. The lowest BCUT2D eigenvalue weighted by atomic mass is 9.89. The molecule has 2 aliphatic rings. The molecule has 1 aliphatic heterocycles. The number of aliphatic imine (C=N–C) groups is 1. The molecule has 2 N–H and O–H groups in total. The average Bonchev–Trinajstić information content (AvgIpc) is 2.98. The van der Waals surface area contributed by atoms with Crippen LogP contribution in [0.3, 0.4) is 0 Å². The van der Waals surface area contributed by atoms with Crippen molar-refractivity contribution in [1.82, 2.24) is 14.9 Å². The number of guanidine groups is 1. The zero-order valence-corrected chi connectivity index (χ0v) is 18.2. The van der Waals surface area contributed by atoms with Crippen LogP contribution >= 0.6 is 24.0 Å². The van der Waals surface area contributed by atoms with Gasteiger partial charge in [-0.2, -0.15) is 17.5 Å². The lowest BCUT2D eigenvalue weighted by molar-refractivity contribution is -0.0494. The van der Waals surface area contributed by atoms with E-state index in [1.165, 1.54) is 25.7 Å². The Hall–Kier alpha value is -0.300. The maximum atomic E-state index is 12.6. The fraction of sp³-hybridized carbons (Fsp3) is 0.933. The van der Waals surface area contributed by atoms with Gasteiger partial charge in [0.2, 0.25) is 0 Å². The molecule has 0 atom stereocenters. The lowest BCUT2D eigenvalue weighted by Gasteiger charge is -2.33. The van der Waals surface area contributed by atoms with Gasteiger partial charge in [0.25, 0.3) is 0 Å². The molecule has 0 bridgehead atoms. The van der Waals surface area contributed by atoms with Gasteiger partial charge in [-0.25, -0.2) is 8.42 Å². The topological polar surface area (TPSA) is 73.8 Å². The highest BCUT2D eigenvalue weighted by Gasteiger charge is 2.50. The van der Waals surface area contributed by atoms with Gasteiger partial charge < -0.3 is 10.6 Å². The summed E-state index contributed by atoms with van der Waals surface area (Å²) in [6.07, 6.45) is 5.43. The fourth-order valence-corrected chi connectivity index (χ4v) is 4.46. The number of hydrogen-bond acceptors (Lipinski definition) is 3. The molecule has 1 heterocycles. The van der Waals surface area contributed by atoms with E-state index in [9.17, 15) is 21.6 Å². The SMILES string of the molecule is CN=C(NCC1(C)CCCC1)NC1CCN(S(=O)(=O)C(F)(F)F)CC1.I. The first-order valence-electron chi connectivity index (χ1n) is 8.61. The maximum Gasteiger partial charge on any atom is 0.511 e. The van der Waals surface area contributed by atoms with Crippen LogP contribution in [-0.4, -0.2) is 56.9 Å². The first-order chi connectivity index (χ1) is 11.6. The van der Waals surface area contributed by atoms with Crippen LogP contribution < -0.4 is 10.6 Å². The molecule has 0 unspecified atom stereocenters. The van der Waals surface area contributed by atoms with E-state index in [-0.39, 0.29) is 48.5 Å². The van der Waals surface area contributed by atoms with E-state index in [0.717, 1.165) is 6.54 Å². The summed E-state index contributed by atoms with van der Waals surface area (Å²) >= 11 is 0. The van der Waals surface area contributed by atoms with Gasteiger partial charge >= 0.3 is 15.5 Å². The number of sulfonamides is 1. The molecule has 2 fully saturated rings. The molecule has 0 aromatic carbocycles. The largest absolute Gasteiger partial charge is 0.511 e. The van der Waals surface area contributed by atoms with Gasteiger partial charge in [-0.05, 0) is 31.1 Å². The van der Waals surface area contributed by atoms with Crippen molar-refractivity contribution in [3.63, 3.8) is 0 Å². The molecule has 0 spiro atoms. The molecule has 11 heteroatoms. The maximum absolute atomic E-state index is 12.6. The second kappa shape index (κ2) is 9.26. The summed E-state index contributed by atoms with van der Waals surface area (Å²) in [6, 6.07) is -0.0951. The first-order valence-corrected chi connectivity index (χ1v) is 10.0. The molecule has 1 aliphatic carbocycles. The van der Waals surface area contributed by atoms with Crippen LogP contribution in [0.1, 0.15) is 45.4 Å². The number of alkyl halides is 3. The third-order valence-corrected chi connectivity index (χ3v) is 6.77. The lowest BCUT2D eigenvalue weighted by Crippen LogP contribution is -2.52. The highest BCUT2D eigenvalue weighted by atomic mass is 127. The van der Waals surface area contributed by atoms with Crippen LogP contribution in [0.15, 0.2) is 4.99 Å². The van der Waals surface area contributed by atoms with E-state index in [2.05, 4.69) is 22.5 Å². The Labute approximate surface area is 170 Å². The first kappa shape index (κ1) is 23.7. The van der Waals surface area contributed by atoms with E-state index in [4.69, 9.17) is 0 Å². The molecular weight excluding hydrogens is 484 g/mol. The van der Waals surface area contributed by atoms with Gasteiger partial charge in [-0.1, -0.05) is 19.8 Å². The van der Waals surface area contributed by atoms with Crippen molar-refractivity contribution in [2.45, 2.75) is 57.0 Å². The minimum Gasteiger partial charge on any atom is -0.356 e. The van der Waals surface area contributed by atoms with Crippen LogP contribution in [0, 0.1) is 5.41 Å². The van der Waals surface area contributed by atoms with Crippen molar-refractivity contribution in [1.29, 1.82) is 0 Å². The summed E-state index contributed by atoms with van der Waals surface area (Å²) in [7, 11) is -3.58. The Balaban J connectivity index is 0.00000338. The highest BCUT2D eigenvalue weighted by molar-refractivity contribution is 14.0. The number of nitrogens with zero attached hydrogens (tertiary/aromatic N) is 2. The molecule has 6 nitrogen and oxygen atoms in total. The predicted octanol–water partition coefficient (Wildman–Crippen LogP) is 2.66. The summed E-state index contributed by atoms with van der Waals surface area (Å²) in [4.78, 5) is 4.16. The van der Waals surface area contributed by atoms with Crippen molar-refractivity contribution >= 4 is 40.0 Å². The van der Waals surface area contributed by atoms with E-state index in [1.54, 1.807) is 7.05 Å². The third kappa shape index (κ3) is 5.85. The quantitative estimate of drug-likeness (QED) is 0.345. The average molecular weight is 512 g/mol. The van der Waals surface area contributed by atoms with Crippen LogP contribution in [0.25, 0.3) is 0 Å². The Morgan fingerprint density at radius 3 is 2.23 bits per heavy atom. The zero-order valence-electron chi connectivity index (χ0n) is 15.1. The molecule has 154 valence electrons. The fourth-order valence-electron chi connectivity index (χ4n) is 3.48. The number of halogens is 4. The molecule has 0 radical (unpaired) electrons. The van der Waals surface area contributed by atoms with Gasteiger partial charge in [0.1, 0.15) is 0 Å². The summed E-state index contributed by atoms with van der Waals surface area (Å²) in [5, 5.41) is 6.49. The molecule has 0 aromatic rings. The minimum absolute atomic E-state index is 0. The molecular formula is C15H28F3IN4O2S. The van der Waals surface area contributed by atoms with E-state index < -0.39 is 15.5 Å². The number of piperidine rings is 1. The monoisotopic (exact) mass is 512 g/mol. The van der Waals surface area contributed by atoms with Gasteiger partial charge in [0.15, 0.2) is 5.96 Å². The van der Waals surface area contributed by atoms with Crippen LogP contribution in [0.4, 0.5) is 13.2 Å². The van der Waals surface area contributed by atoms with Gasteiger partial charge in [-0.3, -0.25) is 4.99 Å². The van der Waals surface area contributed by atoms with Gasteiger partial charge in [0, 0.05) is 32.7 Å². The molecule has 2 rings (SSSR count). The predicted molar refractivity (Wildman–Crippen MR) is 106 cm³/mol. The molecule has 26 heavy (non-hydrogen) atoms. The third-order valence-electron chi connectivity index (χ3n) is 5.14. The van der Waals surface area contributed by atoms with E-state index >= 15 is 0 Å². The van der Waals surface area contributed by atoms with Crippen molar-refractivity contribution in [3.8, 4) is 0 Å². The smallest absolute Gasteiger partial charge is 0.356 e. The van der Waals surface area contributed by atoms with E-state index in [1.807, 2.05) is 0 Å². The minimum atomic E-state index is -5.23. The summed E-state index contributed by atoms with van der Waals surface area (Å²) in [6.45, 7) is 2.75. The zero-order chi connectivity index (χ0) is 18.7. The van der Waals surface area contributed by atoms with Crippen molar-refractivity contribution in [2.24, 2.45) is 10.4 Å². The Kier molecular flexibility index (Phi) is 8.46. The summed E-state index contributed by atoms with van der Waals surface area (Å²) in [5.41, 5.74) is -4.98. The van der Waals surface area contributed by atoms with E-state index in [0.29, 0.717) is 23.1 Å². The van der Waals surface area contributed by atoms with Crippen molar-refractivity contribution < 1.29 is 21.6 Å². The van der Waals surface area contributed by atoms with Gasteiger partial charge in [-0.15, -0.1) is 24.0 Å². The molecule has 0 aromatic heterocycles. The normalized spacial score (nSPS) is 22.7. The molecule has 0 amide bonds. The Bertz CT molecular complexity index is 584. The highest BCUT2D eigenvalue weighted by Crippen LogP contribution is 2.36. The molecule has 1 saturated carbocycles. The van der Waals surface area contributed by atoms with Crippen molar-refractivity contribution in [2.75, 3.05) is 26.7 Å². The molecule has 1 saturated heterocycles. The standard InChI is InChI=1S/C15H27F3N4O2S.HI/c1-14(7-3-4-8-14)11-20-13(19-2)21-12-5-9-22(10-6-12)25(23,24)15(16,17)18;/h12H,3-11H2,1-2H3,(H2,19,20,21);1H. The second-order valence-corrected chi connectivity index (χ2v) is 9.14. The van der Waals surface area contributed by atoms with Crippen molar-refractivity contribution in [3.05, 3.63) is 0 Å². The van der Waals surface area contributed by atoms with Crippen LogP contribution in [0.2, 0.25) is 0 Å². The number of nitrogens with one attached hydrogen (secondary N) is 2. The Morgan fingerprint density at radius 1 is 1.23 bits per heavy atom. The number of rotatable bonds is 4. The summed E-state index contributed by atoms with van der Waals surface area (Å²) in [5.74, 6) is 0.616.